The first kappa shape index (κ1) is 20.0. The number of halogens is 2. The second-order valence-corrected chi connectivity index (χ2v) is 7.64. The Balaban J connectivity index is 2.27. The van der Waals surface area contributed by atoms with E-state index in [0.717, 1.165) is 5.56 Å². The number of hydrogen-bond acceptors (Lipinski definition) is 3. The van der Waals surface area contributed by atoms with Crippen LogP contribution in [0.3, 0.4) is 0 Å². The van der Waals surface area contributed by atoms with Gasteiger partial charge in [-0.25, -0.2) is 0 Å². The van der Waals surface area contributed by atoms with Crippen LogP contribution in [0.15, 0.2) is 48.2 Å². The summed E-state index contributed by atoms with van der Waals surface area (Å²) in [6, 6.07) is 11.7. The zero-order chi connectivity index (χ0) is 19.5. The standard InChI is InChI=1S/C20H19Cl2NO3/c1-20(2,3)13-6-4-12(5-7-13)10-17(19(25)26)23-18(24)15-9-8-14(21)11-16(15)22/h4-11H,1-3H3,(H,23,24)(H,25,26)/p-1/b17-10+. The minimum absolute atomic E-state index is 0.0149. The Labute approximate surface area is 162 Å². The Bertz CT molecular complexity index is 866. The first-order valence-electron chi connectivity index (χ1n) is 7.88. The van der Waals surface area contributed by atoms with Crippen LogP contribution in [-0.4, -0.2) is 11.9 Å². The van der Waals surface area contributed by atoms with Crippen LogP contribution in [0.5, 0.6) is 0 Å². The summed E-state index contributed by atoms with van der Waals surface area (Å²) < 4.78 is 0. The molecule has 0 heterocycles. The first-order valence-corrected chi connectivity index (χ1v) is 8.63. The van der Waals surface area contributed by atoms with E-state index in [1.807, 2.05) is 12.1 Å². The van der Waals surface area contributed by atoms with Crippen LogP contribution in [0.1, 0.15) is 42.3 Å². The van der Waals surface area contributed by atoms with Gasteiger partial charge in [-0.1, -0.05) is 68.2 Å². The fourth-order valence-electron chi connectivity index (χ4n) is 2.26. The van der Waals surface area contributed by atoms with Crippen molar-refractivity contribution >= 4 is 41.2 Å². The molecular weight excluding hydrogens is 373 g/mol. The largest absolute Gasteiger partial charge is 0.543 e. The van der Waals surface area contributed by atoms with E-state index < -0.39 is 11.9 Å². The molecule has 26 heavy (non-hydrogen) atoms. The van der Waals surface area contributed by atoms with Gasteiger partial charge in [-0.2, -0.15) is 0 Å². The van der Waals surface area contributed by atoms with Gasteiger partial charge in [0.1, 0.15) is 0 Å². The molecule has 0 aliphatic carbocycles. The van der Waals surface area contributed by atoms with Gasteiger partial charge in [-0.3, -0.25) is 4.79 Å². The Morgan fingerprint density at radius 3 is 2.15 bits per heavy atom. The van der Waals surface area contributed by atoms with Gasteiger partial charge >= 0.3 is 0 Å². The Morgan fingerprint density at radius 2 is 1.65 bits per heavy atom. The van der Waals surface area contributed by atoms with E-state index in [1.165, 1.54) is 24.3 Å². The summed E-state index contributed by atoms with van der Waals surface area (Å²) in [4.78, 5) is 23.7. The second-order valence-electron chi connectivity index (χ2n) is 6.80. The van der Waals surface area contributed by atoms with Crippen molar-refractivity contribution in [3.8, 4) is 0 Å². The summed E-state index contributed by atoms with van der Waals surface area (Å²) in [6.07, 6.45) is 1.34. The van der Waals surface area contributed by atoms with E-state index in [-0.39, 0.29) is 21.7 Å². The molecule has 4 nitrogen and oxygen atoms in total. The van der Waals surface area contributed by atoms with Crippen molar-refractivity contribution in [1.29, 1.82) is 0 Å². The van der Waals surface area contributed by atoms with Crippen LogP contribution in [0.25, 0.3) is 6.08 Å². The summed E-state index contributed by atoms with van der Waals surface area (Å²) >= 11 is 11.8. The van der Waals surface area contributed by atoms with Gasteiger partial charge in [0.2, 0.25) is 0 Å². The van der Waals surface area contributed by atoms with E-state index in [0.29, 0.717) is 10.6 Å². The average Bonchev–Trinajstić information content (AvgIpc) is 2.53. The molecule has 2 aromatic carbocycles. The lowest BCUT2D eigenvalue weighted by molar-refractivity contribution is -0.299. The molecule has 1 amide bonds. The lowest BCUT2D eigenvalue weighted by Crippen LogP contribution is -2.35. The molecule has 0 aromatic heterocycles. The lowest BCUT2D eigenvalue weighted by Gasteiger charge is -2.19. The number of aliphatic carboxylic acids is 1. The van der Waals surface area contributed by atoms with Crippen LogP contribution in [0, 0.1) is 0 Å². The molecule has 0 radical (unpaired) electrons. The molecule has 2 aromatic rings. The summed E-state index contributed by atoms with van der Waals surface area (Å²) in [7, 11) is 0. The number of carboxylic acids is 1. The molecule has 0 unspecified atom stereocenters. The molecule has 0 saturated heterocycles. The van der Waals surface area contributed by atoms with Crippen LogP contribution in [0.2, 0.25) is 10.0 Å². The van der Waals surface area contributed by atoms with Gasteiger partial charge in [0.05, 0.1) is 22.3 Å². The van der Waals surface area contributed by atoms with Gasteiger partial charge in [0.15, 0.2) is 0 Å². The van der Waals surface area contributed by atoms with E-state index in [9.17, 15) is 14.7 Å². The van der Waals surface area contributed by atoms with Gasteiger partial charge in [-0.05, 0) is 40.8 Å². The zero-order valence-electron chi connectivity index (χ0n) is 14.6. The van der Waals surface area contributed by atoms with Crippen molar-refractivity contribution in [2.75, 3.05) is 0 Å². The molecular formula is C20H18Cl2NO3-. The van der Waals surface area contributed by atoms with E-state index in [2.05, 4.69) is 26.1 Å². The van der Waals surface area contributed by atoms with Crippen LogP contribution in [-0.2, 0) is 10.2 Å². The van der Waals surface area contributed by atoms with Gasteiger partial charge < -0.3 is 15.2 Å². The van der Waals surface area contributed by atoms with Gasteiger partial charge in [0.25, 0.3) is 5.91 Å². The Kier molecular flexibility index (Phi) is 6.11. The monoisotopic (exact) mass is 390 g/mol. The maximum Gasteiger partial charge on any atom is 0.257 e. The average molecular weight is 391 g/mol. The predicted octanol–water partition coefficient (Wildman–Crippen LogP) is 3.81. The quantitative estimate of drug-likeness (QED) is 0.806. The Hall–Kier alpha value is -2.30. The number of carbonyl (C=O) groups is 2. The molecule has 0 aliphatic heterocycles. The van der Waals surface area contributed by atoms with Gasteiger partial charge in [-0.15, -0.1) is 0 Å². The third kappa shape index (κ3) is 5.10. The fraction of sp³-hybridized carbons (Fsp3) is 0.200. The van der Waals surface area contributed by atoms with Crippen LogP contribution < -0.4 is 10.4 Å². The SMILES string of the molecule is CC(C)(C)c1ccc(/C=C(/NC(=O)c2ccc(Cl)cc2Cl)C(=O)[O-])cc1. The smallest absolute Gasteiger partial charge is 0.257 e. The Morgan fingerprint density at radius 1 is 1.04 bits per heavy atom. The summed E-state index contributed by atoms with van der Waals surface area (Å²) in [5.41, 5.74) is 1.48. The van der Waals surface area contributed by atoms with Crippen LogP contribution in [0.4, 0.5) is 0 Å². The fourth-order valence-corrected chi connectivity index (χ4v) is 2.75. The molecule has 0 spiro atoms. The maximum absolute atomic E-state index is 12.3. The van der Waals surface area contributed by atoms with Crippen molar-refractivity contribution in [2.24, 2.45) is 0 Å². The minimum atomic E-state index is -1.50. The number of amides is 1. The number of hydrogen-bond donors (Lipinski definition) is 1. The normalized spacial score (nSPS) is 12.0. The maximum atomic E-state index is 12.3. The summed E-state index contributed by atoms with van der Waals surface area (Å²) in [5.74, 6) is -2.16. The van der Waals surface area contributed by atoms with Crippen molar-refractivity contribution < 1.29 is 14.7 Å². The summed E-state index contributed by atoms with van der Waals surface area (Å²) in [6.45, 7) is 6.25. The highest BCUT2D eigenvalue weighted by atomic mass is 35.5. The molecule has 1 N–H and O–H groups in total. The number of benzene rings is 2. The highest BCUT2D eigenvalue weighted by Crippen LogP contribution is 2.23. The lowest BCUT2D eigenvalue weighted by atomic mass is 9.87. The minimum Gasteiger partial charge on any atom is -0.543 e. The molecule has 0 bridgehead atoms. The summed E-state index contributed by atoms with van der Waals surface area (Å²) in [5, 5.41) is 14.2. The highest BCUT2D eigenvalue weighted by Gasteiger charge is 2.14. The molecule has 0 atom stereocenters. The third-order valence-corrected chi connectivity index (χ3v) is 4.28. The van der Waals surface area contributed by atoms with Crippen molar-refractivity contribution in [1.82, 2.24) is 5.32 Å². The van der Waals surface area contributed by atoms with E-state index in [4.69, 9.17) is 23.2 Å². The molecule has 136 valence electrons. The van der Waals surface area contributed by atoms with Crippen molar-refractivity contribution in [3.63, 3.8) is 0 Å². The third-order valence-electron chi connectivity index (χ3n) is 3.73. The zero-order valence-corrected chi connectivity index (χ0v) is 16.1. The van der Waals surface area contributed by atoms with Crippen molar-refractivity contribution in [3.05, 3.63) is 74.9 Å². The molecule has 0 saturated carbocycles. The first-order chi connectivity index (χ1) is 12.1. The molecule has 2 rings (SSSR count). The molecule has 0 fully saturated rings. The van der Waals surface area contributed by atoms with Crippen molar-refractivity contribution in [2.45, 2.75) is 26.2 Å². The van der Waals surface area contributed by atoms with Crippen LogP contribution >= 0.6 is 23.2 Å². The van der Waals surface area contributed by atoms with E-state index >= 15 is 0 Å². The number of carboxylic acid groups (broad SMARTS) is 1. The number of rotatable bonds is 4. The van der Waals surface area contributed by atoms with E-state index in [1.54, 1.807) is 12.1 Å². The number of nitrogens with one attached hydrogen (secondary N) is 1. The topological polar surface area (TPSA) is 69.2 Å². The molecule has 6 heteroatoms. The highest BCUT2D eigenvalue weighted by molar-refractivity contribution is 6.36. The second kappa shape index (κ2) is 7.94. The number of carbonyl (C=O) groups excluding carboxylic acids is 2. The molecule has 0 aliphatic rings. The van der Waals surface area contributed by atoms with Gasteiger partial charge in [0, 0.05) is 5.02 Å². The predicted molar refractivity (Wildman–Crippen MR) is 102 cm³/mol.